The van der Waals surface area contributed by atoms with Crippen LogP contribution in [0.25, 0.3) is 11.4 Å². The fraction of sp³-hybridized carbons (Fsp3) is 0.533. The van der Waals surface area contributed by atoms with Gasteiger partial charge in [0.15, 0.2) is 5.82 Å². The summed E-state index contributed by atoms with van der Waals surface area (Å²) in [5.41, 5.74) is 7.58. The highest BCUT2D eigenvalue weighted by atomic mass is 15.6. The Labute approximate surface area is 117 Å². The van der Waals surface area contributed by atoms with E-state index in [0.29, 0.717) is 6.04 Å². The standard InChI is InChI=1S/C15H17N5/c16-11-5-3-8(4-6-11)15-17-18-19-20(15)14-12-9-1-2-10(7-9)13(12)14/h3-6,9-10,12-14H,1-2,7,16H2. The van der Waals surface area contributed by atoms with E-state index in [2.05, 4.69) is 20.2 Å². The molecule has 5 rings (SSSR count). The molecule has 3 fully saturated rings. The van der Waals surface area contributed by atoms with Crippen LogP contribution in [0.3, 0.4) is 0 Å². The molecule has 5 heteroatoms. The Balaban J connectivity index is 1.52. The second-order valence-electron chi connectivity index (χ2n) is 6.55. The summed E-state index contributed by atoms with van der Waals surface area (Å²) in [4.78, 5) is 0. The van der Waals surface area contributed by atoms with Gasteiger partial charge >= 0.3 is 0 Å². The van der Waals surface area contributed by atoms with Crippen molar-refractivity contribution in [3.8, 4) is 11.4 Å². The van der Waals surface area contributed by atoms with E-state index in [0.717, 1.165) is 40.7 Å². The quantitative estimate of drug-likeness (QED) is 0.846. The van der Waals surface area contributed by atoms with Gasteiger partial charge in [-0.05, 0) is 77.6 Å². The molecule has 20 heavy (non-hydrogen) atoms. The van der Waals surface area contributed by atoms with Gasteiger partial charge in [0.1, 0.15) is 0 Å². The predicted molar refractivity (Wildman–Crippen MR) is 74.5 cm³/mol. The lowest BCUT2D eigenvalue weighted by atomic mass is 10.0. The van der Waals surface area contributed by atoms with E-state index in [1.807, 2.05) is 24.3 Å². The molecule has 0 radical (unpaired) electrons. The van der Waals surface area contributed by atoms with Crippen LogP contribution in [-0.4, -0.2) is 20.2 Å². The number of benzene rings is 1. The molecule has 4 atom stereocenters. The van der Waals surface area contributed by atoms with E-state index >= 15 is 0 Å². The van der Waals surface area contributed by atoms with E-state index in [9.17, 15) is 0 Å². The highest BCUT2D eigenvalue weighted by Gasteiger charge is 2.66. The van der Waals surface area contributed by atoms with Crippen LogP contribution < -0.4 is 5.73 Å². The minimum atomic E-state index is 0.545. The Morgan fingerprint density at radius 1 is 1.05 bits per heavy atom. The van der Waals surface area contributed by atoms with Gasteiger partial charge in [0, 0.05) is 11.3 Å². The summed E-state index contributed by atoms with van der Waals surface area (Å²) in [6.07, 6.45) is 4.29. The number of fused-ring (bicyclic) bond motifs is 5. The molecular formula is C15H17N5. The summed E-state index contributed by atoms with van der Waals surface area (Å²) in [7, 11) is 0. The Morgan fingerprint density at radius 3 is 2.45 bits per heavy atom. The summed E-state index contributed by atoms with van der Waals surface area (Å²) in [6.45, 7) is 0. The third-order valence-corrected chi connectivity index (χ3v) is 5.64. The maximum atomic E-state index is 5.75. The Kier molecular flexibility index (Phi) is 1.95. The van der Waals surface area contributed by atoms with Crippen LogP contribution in [0.5, 0.6) is 0 Å². The van der Waals surface area contributed by atoms with E-state index in [1.165, 1.54) is 19.3 Å². The van der Waals surface area contributed by atoms with Crippen LogP contribution >= 0.6 is 0 Å². The van der Waals surface area contributed by atoms with Gasteiger partial charge in [-0.15, -0.1) is 5.10 Å². The molecular weight excluding hydrogens is 250 g/mol. The van der Waals surface area contributed by atoms with Crippen LogP contribution in [0.4, 0.5) is 5.69 Å². The highest BCUT2D eigenvalue weighted by Crippen LogP contribution is 2.71. The van der Waals surface area contributed by atoms with Crippen molar-refractivity contribution in [1.82, 2.24) is 20.2 Å². The molecule has 2 bridgehead atoms. The van der Waals surface area contributed by atoms with Crippen molar-refractivity contribution in [3.05, 3.63) is 24.3 Å². The van der Waals surface area contributed by atoms with E-state index < -0.39 is 0 Å². The molecule has 0 aliphatic heterocycles. The number of aromatic nitrogens is 4. The first-order valence-electron chi connectivity index (χ1n) is 7.47. The van der Waals surface area contributed by atoms with E-state index in [-0.39, 0.29) is 0 Å². The first-order valence-corrected chi connectivity index (χ1v) is 7.47. The van der Waals surface area contributed by atoms with Gasteiger partial charge in [-0.2, -0.15) is 0 Å². The highest BCUT2D eigenvalue weighted by molar-refractivity contribution is 5.58. The van der Waals surface area contributed by atoms with Crippen LogP contribution in [0.1, 0.15) is 25.3 Å². The molecule has 1 aromatic heterocycles. The summed E-state index contributed by atoms with van der Waals surface area (Å²) in [5, 5.41) is 12.4. The fourth-order valence-electron chi connectivity index (χ4n) is 4.82. The third kappa shape index (κ3) is 1.30. The SMILES string of the molecule is Nc1ccc(-c2nnnn2C2C3C4CCC(C4)C32)cc1. The number of tetrazole rings is 1. The normalized spacial score (nSPS) is 37.1. The largest absolute Gasteiger partial charge is 0.399 e. The van der Waals surface area contributed by atoms with Gasteiger partial charge in [-0.3, -0.25) is 0 Å². The molecule has 2 aromatic rings. The average Bonchev–Trinajstić information content (AvgIpc) is 2.89. The van der Waals surface area contributed by atoms with Crippen LogP contribution in [0, 0.1) is 23.7 Å². The molecule has 4 unspecified atom stereocenters. The predicted octanol–water partition coefficient (Wildman–Crippen LogP) is 2.14. The number of hydrogen-bond donors (Lipinski definition) is 1. The van der Waals surface area contributed by atoms with Crippen LogP contribution in [0.15, 0.2) is 24.3 Å². The Bertz CT molecular complexity index is 645. The zero-order valence-electron chi connectivity index (χ0n) is 11.2. The van der Waals surface area contributed by atoms with Crippen LogP contribution in [0.2, 0.25) is 0 Å². The van der Waals surface area contributed by atoms with E-state index in [1.54, 1.807) is 0 Å². The molecule has 0 saturated heterocycles. The van der Waals surface area contributed by atoms with Crippen molar-refractivity contribution in [3.63, 3.8) is 0 Å². The Hall–Kier alpha value is -1.91. The molecule has 0 spiro atoms. The summed E-state index contributed by atoms with van der Waals surface area (Å²) in [6, 6.07) is 8.37. The van der Waals surface area contributed by atoms with Gasteiger partial charge in [-0.25, -0.2) is 4.68 Å². The summed E-state index contributed by atoms with van der Waals surface area (Å²) >= 11 is 0. The average molecular weight is 267 g/mol. The van der Waals surface area contributed by atoms with Gasteiger partial charge in [0.2, 0.25) is 0 Å². The number of rotatable bonds is 2. The topological polar surface area (TPSA) is 69.6 Å². The number of nitrogen functional groups attached to an aromatic ring is 1. The molecule has 3 aliphatic carbocycles. The third-order valence-electron chi connectivity index (χ3n) is 5.64. The molecule has 0 amide bonds. The number of anilines is 1. The van der Waals surface area contributed by atoms with Crippen molar-refractivity contribution in [2.45, 2.75) is 25.3 Å². The van der Waals surface area contributed by atoms with Crippen molar-refractivity contribution in [2.24, 2.45) is 23.7 Å². The number of nitrogens with two attached hydrogens (primary N) is 1. The minimum absolute atomic E-state index is 0.545. The minimum Gasteiger partial charge on any atom is -0.399 e. The first-order chi connectivity index (χ1) is 9.83. The number of nitrogens with zero attached hydrogens (tertiary/aromatic N) is 4. The maximum Gasteiger partial charge on any atom is 0.182 e. The van der Waals surface area contributed by atoms with E-state index in [4.69, 9.17) is 5.73 Å². The lowest BCUT2D eigenvalue weighted by Crippen LogP contribution is -2.08. The second-order valence-corrected chi connectivity index (χ2v) is 6.55. The first kappa shape index (κ1) is 10.8. The molecule has 3 saturated carbocycles. The molecule has 2 N–H and O–H groups in total. The molecule has 1 aromatic carbocycles. The van der Waals surface area contributed by atoms with Gasteiger partial charge in [0.25, 0.3) is 0 Å². The summed E-state index contributed by atoms with van der Waals surface area (Å²) in [5.74, 6) is 4.43. The lowest BCUT2D eigenvalue weighted by molar-refractivity contribution is 0.427. The lowest BCUT2D eigenvalue weighted by Gasteiger charge is -2.10. The fourth-order valence-corrected chi connectivity index (χ4v) is 4.82. The van der Waals surface area contributed by atoms with Crippen molar-refractivity contribution >= 4 is 5.69 Å². The number of hydrogen-bond acceptors (Lipinski definition) is 4. The second kappa shape index (κ2) is 3.59. The van der Waals surface area contributed by atoms with Gasteiger partial charge in [0.05, 0.1) is 6.04 Å². The monoisotopic (exact) mass is 267 g/mol. The van der Waals surface area contributed by atoms with Crippen molar-refractivity contribution in [2.75, 3.05) is 5.73 Å². The molecule has 3 aliphatic rings. The van der Waals surface area contributed by atoms with Gasteiger partial charge < -0.3 is 5.73 Å². The Morgan fingerprint density at radius 2 is 1.75 bits per heavy atom. The molecule has 1 heterocycles. The smallest absolute Gasteiger partial charge is 0.182 e. The zero-order valence-corrected chi connectivity index (χ0v) is 11.2. The van der Waals surface area contributed by atoms with Crippen molar-refractivity contribution < 1.29 is 0 Å². The van der Waals surface area contributed by atoms with Crippen molar-refractivity contribution in [1.29, 1.82) is 0 Å². The van der Waals surface area contributed by atoms with Crippen LogP contribution in [-0.2, 0) is 0 Å². The summed E-state index contributed by atoms with van der Waals surface area (Å²) < 4.78 is 2.07. The van der Waals surface area contributed by atoms with Gasteiger partial charge in [-0.1, -0.05) is 0 Å². The molecule has 5 nitrogen and oxygen atoms in total. The maximum absolute atomic E-state index is 5.75. The zero-order chi connectivity index (χ0) is 13.3. The molecule has 102 valence electrons.